The molecule has 1 rings (SSSR count). The molecule has 0 radical (unpaired) electrons. The highest BCUT2D eigenvalue weighted by atomic mass is 14.9. The summed E-state index contributed by atoms with van der Waals surface area (Å²) < 4.78 is 0. The summed E-state index contributed by atoms with van der Waals surface area (Å²) in [5.74, 6) is 0.0633. The Labute approximate surface area is 84.8 Å². The molecule has 0 aliphatic carbocycles. The van der Waals surface area contributed by atoms with Crippen molar-refractivity contribution >= 4 is 0 Å². The lowest BCUT2D eigenvalue weighted by Crippen LogP contribution is -2.19. The molecule has 0 bridgehead atoms. The quantitative estimate of drug-likeness (QED) is 0.783. The van der Waals surface area contributed by atoms with Gasteiger partial charge in [-0.25, -0.2) is 0 Å². The molecule has 0 amide bonds. The molecule has 1 aromatic heterocycles. The van der Waals surface area contributed by atoms with Crippen LogP contribution < -0.4 is 5.32 Å². The lowest BCUT2D eigenvalue weighted by atomic mass is 10.2. The van der Waals surface area contributed by atoms with Gasteiger partial charge < -0.3 is 5.32 Å². The van der Waals surface area contributed by atoms with E-state index in [9.17, 15) is 0 Å². The van der Waals surface area contributed by atoms with Gasteiger partial charge in [0, 0.05) is 25.0 Å². The number of pyridine rings is 1. The Morgan fingerprint density at radius 2 is 2.36 bits per heavy atom. The molecule has 0 saturated heterocycles. The average molecular weight is 189 g/mol. The van der Waals surface area contributed by atoms with E-state index in [0.29, 0.717) is 0 Å². The molecular weight excluding hydrogens is 174 g/mol. The number of nitrogens with zero attached hydrogens (tertiary/aromatic N) is 2. The molecule has 3 heteroatoms. The first-order valence-electron chi connectivity index (χ1n) is 4.74. The van der Waals surface area contributed by atoms with Crippen LogP contribution in [0, 0.1) is 24.2 Å². The van der Waals surface area contributed by atoms with Gasteiger partial charge in [-0.2, -0.15) is 5.26 Å². The summed E-state index contributed by atoms with van der Waals surface area (Å²) in [6, 6.07) is 6.22. The van der Waals surface area contributed by atoms with E-state index < -0.39 is 0 Å². The van der Waals surface area contributed by atoms with Gasteiger partial charge in [0.05, 0.1) is 12.0 Å². The van der Waals surface area contributed by atoms with Crippen LogP contribution in [-0.4, -0.2) is 11.5 Å². The summed E-state index contributed by atoms with van der Waals surface area (Å²) in [6.45, 7) is 5.37. The first kappa shape index (κ1) is 10.7. The van der Waals surface area contributed by atoms with E-state index in [1.165, 1.54) is 0 Å². The SMILES string of the molecule is Cc1ccc(CNCC(C)C#N)cn1. The fraction of sp³-hybridized carbons (Fsp3) is 0.455. The Kier molecular flexibility index (Phi) is 4.09. The number of rotatable bonds is 4. The van der Waals surface area contributed by atoms with Gasteiger partial charge in [-0.1, -0.05) is 6.07 Å². The molecule has 0 saturated carbocycles. The van der Waals surface area contributed by atoms with E-state index in [0.717, 1.165) is 24.3 Å². The predicted molar refractivity (Wildman–Crippen MR) is 55.5 cm³/mol. The van der Waals surface area contributed by atoms with Crippen LogP contribution in [0.5, 0.6) is 0 Å². The monoisotopic (exact) mass is 189 g/mol. The molecule has 1 heterocycles. The molecule has 0 aromatic carbocycles. The van der Waals surface area contributed by atoms with Crippen molar-refractivity contribution < 1.29 is 0 Å². The maximum Gasteiger partial charge on any atom is 0.0666 e. The minimum atomic E-state index is 0.0633. The van der Waals surface area contributed by atoms with Crippen molar-refractivity contribution in [2.24, 2.45) is 5.92 Å². The molecule has 0 spiro atoms. The fourth-order valence-electron chi connectivity index (χ4n) is 1.08. The molecule has 0 aliphatic heterocycles. The normalized spacial score (nSPS) is 12.1. The molecule has 0 aliphatic rings. The smallest absolute Gasteiger partial charge is 0.0666 e. The van der Waals surface area contributed by atoms with E-state index in [1.807, 2.05) is 32.2 Å². The number of nitriles is 1. The van der Waals surface area contributed by atoms with Crippen LogP contribution in [0.15, 0.2) is 18.3 Å². The summed E-state index contributed by atoms with van der Waals surface area (Å²) in [7, 11) is 0. The van der Waals surface area contributed by atoms with Crippen LogP contribution in [0.1, 0.15) is 18.2 Å². The molecule has 14 heavy (non-hydrogen) atoms. The van der Waals surface area contributed by atoms with Crippen molar-refractivity contribution in [2.45, 2.75) is 20.4 Å². The van der Waals surface area contributed by atoms with E-state index in [-0.39, 0.29) is 5.92 Å². The zero-order valence-electron chi connectivity index (χ0n) is 8.62. The number of nitrogens with one attached hydrogen (secondary N) is 1. The van der Waals surface area contributed by atoms with Crippen molar-refractivity contribution in [1.29, 1.82) is 5.26 Å². The number of aryl methyl sites for hydroxylation is 1. The maximum atomic E-state index is 8.57. The van der Waals surface area contributed by atoms with Gasteiger partial charge in [0.25, 0.3) is 0 Å². The first-order valence-corrected chi connectivity index (χ1v) is 4.74. The van der Waals surface area contributed by atoms with Crippen LogP contribution in [0.4, 0.5) is 0 Å². The van der Waals surface area contributed by atoms with E-state index in [1.54, 1.807) is 0 Å². The summed E-state index contributed by atoms with van der Waals surface area (Å²) in [6.07, 6.45) is 1.86. The molecular formula is C11H15N3. The van der Waals surface area contributed by atoms with E-state index in [2.05, 4.69) is 16.4 Å². The number of aromatic nitrogens is 1. The molecule has 1 atom stereocenters. The van der Waals surface area contributed by atoms with Gasteiger partial charge in [0.1, 0.15) is 0 Å². The summed E-state index contributed by atoms with van der Waals surface area (Å²) in [5, 5.41) is 11.8. The van der Waals surface area contributed by atoms with Crippen molar-refractivity contribution in [2.75, 3.05) is 6.54 Å². The molecule has 3 nitrogen and oxygen atoms in total. The lowest BCUT2D eigenvalue weighted by molar-refractivity contribution is 0.601. The Balaban J connectivity index is 2.32. The second-order valence-corrected chi connectivity index (χ2v) is 3.47. The van der Waals surface area contributed by atoms with Gasteiger partial charge in [-0.05, 0) is 25.5 Å². The zero-order chi connectivity index (χ0) is 10.4. The standard InChI is InChI=1S/C11H15N3/c1-9(5-12)6-13-7-11-4-3-10(2)14-8-11/h3-4,8-9,13H,6-7H2,1-2H3. The van der Waals surface area contributed by atoms with Crippen LogP contribution >= 0.6 is 0 Å². The summed E-state index contributed by atoms with van der Waals surface area (Å²) >= 11 is 0. The molecule has 0 fully saturated rings. The fourth-order valence-corrected chi connectivity index (χ4v) is 1.08. The Hall–Kier alpha value is -1.40. The van der Waals surface area contributed by atoms with Crippen molar-refractivity contribution in [3.63, 3.8) is 0 Å². The third kappa shape index (κ3) is 3.55. The number of hydrogen-bond donors (Lipinski definition) is 1. The maximum absolute atomic E-state index is 8.57. The van der Waals surface area contributed by atoms with E-state index in [4.69, 9.17) is 5.26 Å². The Bertz CT molecular complexity index is 310. The van der Waals surface area contributed by atoms with Gasteiger partial charge in [0.15, 0.2) is 0 Å². The predicted octanol–water partition coefficient (Wildman–Crippen LogP) is 1.64. The Morgan fingerprint density at radius 3 is 2.93 bits per heavy atom. The van der Waals surface area contributed by atoms with Gasteiger partial charge in [0.2, 0.25) is 0 Å². The highest BCUT2D eigenvalue weighted by molar-refractivity contribution is 5.12. The third-order valence-corrected chi connectivity index (χ3v) is 1.97. The van der Waals surface area contributed by atoms with Crippen LogP contribution in [0.3, 0.4) is 0 Å². The molecule has 1 N–H and O–H groups in total. The van der Waals surface area contributed by atoms with E-state index >= 15 is 0 Å². The van der Waals surface area contributed by atoms with Crippen molar-refractivity contribution in [3.05, 3.63) is 29.6 Å². The van der Waals surface area contributed by atoms with Crippen LogP contribution in [0.25, 0.3) is 0 Å². The molecule has 1 aromatic rings. The van der Waals surface area contributed by atoms with Gasteiger partial charge in [-0.15, -0.1) is 0 Å². The first-order chi connectivity index (χ1) is 6.72. The van der Waals surface area contributed by atoms with Crippen LogP contribution in [0.2, 0.25) is 0 Å². The highest BCUT2D eigenvalue weighted by Gasteiger charge is 1.98. The third-order valence-electron chi connectivity index (χ3n) is 1.97. The van der Waals surface area contributed by atoms with Crippen LogP contribution in [-0.2, 0) is 6.54 Å². The topological polar surface area (TPSA) is 48.7 Å². The highest BCUT2D eigenvalue weighted by Crippen LogP contribution is 1.99. The molecule has 74 valence electrons. The Morgan fingerprint density at radius 1 is 1.57 bits per heavy atom. The minimum absolute atomic E-state index is 0.0633. The molecule has 1 unspecified atom stereocenters. The van der Waals surface area contributed by atoms with Crippen molar-refractivity contribution in [3.8, 4) is 6.07 Å². The minimum Gasteiger partial charge on any atom is -0.311 e. The number of hydrogen-bond acceptors (Lipinski definition) is 3. The zero-order valence-corrected chi connectivity index (χ0v) is 8.62. The van der Waals surface area contributed by atoms with Gasteiger partial charge >= 0.3 is 0 Å². The lowest BCUT2D eigenvalue weighted by Gasteiger charge is -2.05. The largest absolute Gasteiger partial charge is 0.311 e. The second-order valence-electron chi connectivity index (χ2n) is 3.47. The summed E-state index contributed by atoms with van der Waals surface area (Å²) in [4.78, 5) is 4.19. The second kappa shape index (κ2) is 5.36. The van der Waals surface area contributed by atoms with Crippen molar-refractivity contribution in [1.82, 2.24) is 10.3 Å². The van der Waals surface area contributed by atoms with Gasteiger partial charge in [-0.3, -0.25) is 4.98 Å². The summed E-state index contributed by atoms with van der Waals surface area (Å²) in [5.41, 5.74) is 2.18. The average Bonchev–Trinajstić information content (AvgIpc) is 2.21.